The van der Waals surface area contributed by atoms with Crippen LogP contribution >= 0.6 is 0 Å². The van der Waals surface area contributed by atoms with Gasteiger partial charge in [0.15, 0.2) is 31.3 Å². The molecule has 0 unspecified atom stereocenters. The predicted molar refractivity (Wildman–Crippen MR) is 295 cm³/mol. The largest absolute Gasteiger partial charge is 0.479 e. The molecule has 0 radical (unpaired) electrons. The standard InChI is InChI=1S/C60H96O28/c1-23-32(63)35(66)41(72)50(80-23)85-45-27(21-62)82-49(44(75)40(45)71)79-22-28-34(65)37(68)43(74)52(83-28)88-54(78)60-17-15-55(2,3)19-25(60)24-9-10-30-57(6)13-12-31(56(4,5)29(57)11-14-59(30,8)58(24,7)16-18-60)84-53-47(39(70)38(69)46(86-53)48(76)77)87-51-42(73)36(67)33(64)26(20-61)81-51/h9,23,25-47,49-53,61-75H,10-22H2,1-8H3,(H,76,77)/t23-,25-,26+,27+,28+,29-,30+,31-,32-,33-,34+,35+,36-,37-,38-,39-,40+,41+,42+,43+,44+,45+,46-,47+,49+,50-,51-,52-,53+,57-,58+,59+,60-/m0/s1. The zero-order chi connectivity index (χ0) is 64.4. The molecule has 28 heteroatoms. The van der Waals surface area contributed by atoms with Crippen molar-refractivity contribution in [2.45, 2.75) is 279 Å². The van der Waals surface area contributed by atoms with E-state index in [1.165, 1.54) is 6.92 Å². The molecule has 5 saturated heterocycles. The number of esters is 1. The first-order valence-corrected chi connectivity index (χ1v) is 31.2. The first-order valence-electron chi connectivity index (χ1n) is 31.2. The molecule has 0 aromatic rings. The predicted octanol–water partition coefficient (Wildman–Crippen LogP) is -3.09. The lowest BCUT2D eigenvalue weighted by atomic mass is 9.33. The van der Waals surface area contributed by atoms with Crippen LogP contribution in [0.1, 0.15) is 120 Å². The molecule has 0 aromatic heterocycles. The summed E-state index contributed by atoms with van der Waals surface area (Å²) in [5, 5.41) is 172. The van der Waals surface area contributed by atoms with E-state index in [4.69, 9.17) is 47.4 Å². The molecule has 33 atom stereocenters. The SMILES string of the molecule is C[C@@H]1O[C@@H](O[C@H]2[C@H](O)[C@@H](O)[C@H](OC[C@H]3O[C@@H](OC(=O)[C@]45CCC(C)(C)C[C@H]4C4=CC[C@@H]6[C@@]7(C)CC[C@H](O[C@@H]8O[C@H](C(=O)O)[C@@H](O)[C@H](O)[C@H]8O[C@@H]8O[C@H](CO)[C@H](O)[C@H](O)[C@H]8O)C(C)(C)[C@@H]7CC[C@@]6(C)[C@]4(C)CC5)[C@H](O)[C@@H](O)[C@@H]3O)O[C@@H]2CO)[C@H](O)[C@H](O)[C@H]1O. The topological polar surface area (TPSA) is 450 Å². The number of aliphatic hydroxyl groups excluding tert-OH is 15. The number of hydrogen-bond donors (Lipinski definition) is 16. The van der Waals surface area contributed by atoms with Crippen molar-refractivity contribution in [2.75, 3.05) is 19.8 Å². The zero-order valence-electron chi connectivity index (χ0n) is 51.1. The average molecular weight is 1270 g/mol. The van der Waals surface area contributed by atoms with Crippen molar-refractivity contribution in [1.29, 1.82) is 0 Å². The number of carboxylic acids is 1. The summed E-state index contributed by atoms with van der Waals surface area (Å²) in [6.07, 6.45) is -35.1. The molecule has 0 bridgehead atoms. The molecule has 28 nitrogen and oxygen atoms in total. The van der Waals surface area contributed by atoms with E-state index in [2.05, 4.69) is 54.5 Å². The van der Waals surface area contributed by atoms with E-state index in [-0.39, 0.29) is 34.0 Å². The molecule has 0 spiro atoms. The highest BCUT2D eigenvalue weighted by atomic mass is 16.8. The van der Waals surface area contributed by atoms with Crippen molar-refractivity contribution in [2.24, 2.45) is 50.2 Å². The molecule has 504 valence electrons. The van der Waals surface area contributed by atoms with Gasteiger partial charge in [-0.2, -0.15) is 0 Å². The van der Waals surface area contributed by atoms with Gasteiger partial charge in [0.05, 0.1) is 37.4 Å². The van der Waals surface area contributed by atoms with E-state index in [9.17, 15) is 86.5 Å². The third-order valence-electron chi connectivity index (χ3n) is 23.4. The fourth-order valence-corrected chi connectivity index (χ4v) is 17.8. The number of fused-ring (bicyclic) bond motifs is 7. The van der Waals surface area contributed by atoms with E-state index in [1.54, 1.807) is 0 Å². The maximum Gasteiger partial charge on any atom is 0.335 e. The Kier molecular flexibility index (Phi) is 19.6. The second-order valence-electron chi connectivity index (χ2n) is 29.1. The molecule has 5 aliphatic heterocycles. The normalized spacial score (nSPS) is 53.5. The zero-order valence-corrected chi connectivity index (χ0v) is 51.1. The maximum atomic E-state index is 15.3. The van der Waals surface area contributed by atoms with Crippen molar-refractivity contribution < 1.29 is 139 Å². The smallest absolute Gasteiger partial charge is 0.335 e. The second kappa shape index (κ2) is 25.1. The van der Waals surface area contributed by atoms with E-state index in [0.717, 1.165) is 18.4 Å². The summed E-state index contributed by atoms with van der Waals surface area (Å²) in [6.45, 7) is 14.7. The second-order valence-corrected chi connectivity index (χ2v) is 29.1. The molecule has 5 aliphatic carbocycles. The number of aliphatic carboxylic acids is 1. The Hall–Kier alpha value is -2.28. The van der Waals surface area contributed by atoms with E-state index in [1.807, 2.05) is 0 Å². The molecule has 10 rings (SSSR count). The minimum atomic E-state index is -2.02. The Labute approximate surface area is 510 Å². The Morgan fingerprint density at radius 3 is 1.74 bits per heavy atom. The van der Waals surface area contributed by atoms with E-state index < -0.39 is 208 Å². The van der Waals surface area contributed by atoms with Crippen LogP contribution in [0.4, 0.5) is 0 Å². The lowest BCUT2D eigenvalue weighted by Crippen LogP contribution is -2.67. The minimum absolute atomic E-state index is 0.0115. The van der Waals surface area contributed by atoms with Crippen LogP contribution in [0, 0.1) is 50.2 Å². The fraction of sp³-hybridized carbons (Fsp3) is 0.933. The van der Waals surface area contributed by atoms with Gasteiger partial charge in [0.25, 0.3) is 0 Å². The number of hydrogen-bond acceptors (Lipinski definition) is 27. The third kappa shape index (κ3) is 11.4. The monoisotopic (exact) mass is 1260 g/mol. The van der Waals surface area contributed by atoms with Gasteiger partial charge in [-0.25, -0.2) is 4.79 Å². The first-order chi connectivity index (χ1) is 41.1. The highest BCUT2D eigenvalue weighted by Crippen LogP contribution is 2.76. The number of aliphatic hydroxyl groups is 15. The summed E-state index contributed by atoms with van der Waals surface area (Å²) in [5.41, 5.74) is -1.79. The third-order valence-corrected chi connectivity index (χ3v) is 23.4. The van der Waals surface area contributed by atoms with Gasteiger partial charge in [0.1, 0.15) is 110 Å². The highest BCUT2D eigenvalue weighted by Gasteiger charge is 2.70. The van der Waals surface area contributed by atoms with Crippen molar-refractivity contribution in [3.05, 3.63) is 11.6 Å². The molecule has 88 heavy (non-hydrogen) atoms. The van der Waals surface area contributed by atoms with E-state index in [0.29, 0.717) is 51.4 Å². The molecule has 9 fully saturated rings. The van der Waals surface area contributed by atoms with Crippen LogP contribution in [0.25, 0.3) is 0 Å². The molecule has 16 N–H and O–H groups in total. The Balaban J connectivity index is 0.837. The molecule has 5 heterocycles. The van der Waals surface area contributed by atoms with Crippen LogP contribution in [0.5, 0.6) is 0 Å². The number of carbonyl (C=O) groups excluding carboxylic acids is 1. The van der Waals surface area contributed by atoms with Crippen LogP contribution in [0.2, 0.25) is 0 Å². The van der Waals surface area contributed by atoms with Gasteiger partial charge in [-0.05, 0) is 116 Å². The quantitative estimate of drug-likeness (QED) is 0.0466. The molecular weight excluding hydrogens is 1170 g/mol. The highest BCUT2D eigenvalue weighted by molar-refractivity contribution is 5.79. The number of rotatable bonds is 14. The summed E-state index contributed by atoms with van der Waals surface area (Å²) in [5.74, 6) is -2.39. The van der Waals surface area contributed by atoms with Gasteiger partial charge >= 0.3 is 11.9 Å². The lowest BCUT2D eigenvalue weighted by molar-refractivity contribution is -0.374. The molecule has 0 amide bonds. The van der Waals surface area contributed by atoms with E-state index >= 15 is 4.79 Å². The van der Waals surface area contributed by atoms with Gasteiger partial charge in [-0.3, -0.25) is 4.79 Å². The Morgan fingerprint density at radius 1 is 0.534 bits per heavy atom. The van der Waals surface area contributed by atoms with Gasteiger partial charge in [-0.15, -0.1) is 0 Å². The summed E-state index contributed by atoms with van der Waals surface area (Å²) in [7, 11) is 0. The van der Waals surface area contributed by atoms with Crippen molar-refractivity contribution in [3.8, 4) is 0 Å². The van der Waals surface area contributed by atoms with Crippen molar-refractivity contribution in [1.82, 2.24) is 0 Å². The van der Waals surface area contributed by atoms with Crippen LogP contribution in [-0.4, -0.2) is 273 Å². The summed E-state index contributed by atoms with van der Waals surface area (Å²) >= 11 is 0. The van der Waals surface area contributed by atoms with Crippen LogP contribution in [-0.2, 0) is 57.0 Å². The molecular formula is C60H96O28. The first kappa shape index (κ1) is 68.6. The van der Waals surface area contributed by atoms with Crippen LogP contribution < -0.4 is 0 Å². The number of allylic oxidation sites excluding steroid dienone is 2. The number of carboxylic acid groups (broad SMARTS) is 1. The molecule has 0 aromatic carbocycles. The van der Waals surface area contributed by atoms with Gasteiger partial charge in [0, 0.05) is 0 Å². The summed E-state index contributed by atoms with van der Waals surface area (Å²) in [4.78, 5) is 27.7. The Morgan fingerprint density at radius 2 is 1.09 bits per heavy atom. The van der Waals surface area contributed by atoms with Crippen molar-refractivity contribution in [3.63, 3.8) is 0 Å². The Bertz CT molecular complexity index is 2500. The van der Waals surface area contributed by atoms with Crippen LogP contribution in [0.15, 0.2) is 11.6 Å². The molecule has 4 saturated carbocycles. The van der Waals surface area contributed by atoms with Crippen LogP contribution in [0.3, 0.4) is 0 Å². The number of carbonyl (C=O) groups is 2. The van der Waals surface area contributed by atoms with Gasteiger partial charge < -0.3 is 129 Å². The van der Waals surface area contributed by atoms with Gasteiger partial charge in [0.2, 0.25) is 6.29 Å². The fourth-order valence-electron chi connectivity index (χ4n) is 17.8. The summed E-state index contributed by atoms with van der Waals surface area (Å²) in [6, 6.07) is 0. The summed E-state index contributed by atoms with van der Waals surface area (Å²) < 4.78 is 59.1. The van der Waals surface area contributed by atoms with Gasteiger partial charge in [-0.1, -0.05) is 60.1 Å². The van der Waals surface area contributed by atoms with Crippen molar-refractivity contribution >= 4 is 11.9 Å². The minimum Gasteiger partial charge on any atom is -0.479 e. The average Bonchev–Trinajstić information content (AvgIpc) is 0.679. The lowest BCUT2D eigenvalue weighted by Gasteiger charge is -2.71. The molecule has 10 aliphatic rings. The number of ether oxygens (including phenoxy) is 10. The maximum absolute atomic E-state index is 15.3.